The Morgan fingerprint density at radius 1 is 0.962 bits per heavy atom. The van der Waals surface area contributed by atoms with Gasteiger partial charge in [-0.05, 0) is 17.7 Å². The quantitative estimate of drug-likeness (QED) is 0.536. The molecule has 3 aromatic heterocycles. The van der Waals surface area contributed by atoms with Crippen molar-refractivity contribution in [3.8, 4) is 22.4 Å². The van der Waals surface area contributed by atoms with Crippen molar-refractivity contribution in [1.29, 1.82) is 0 Å². The maximum absolute atomic E-state index is 12.5. The number of aromatic nitrogens is 5. The molecular formula is C20H15N5O. The van der Waals surface area contributed by atoms with Crippen LogP contribution in [-0.2, 0) is 7.05 Å². The van der Waals surface area contributed by atoms with Gasteiger partial charge in [0.05, 0.1) is 22.8 Å². The first kappa shape index (κ1) is 14.7. The molecule has 0 saturated heterocycles. The fraction of sp³-hybridized carbons (Fsp3) is 0.0500. The largest absolute Gasteiger partial charge is 0.306 e. The normalized spacial score (nSPS) is 11.4. The molecule has 0 amide bonds. The number of aryl methyl sites for hydroxylation is 1. The Morgan fingerprint density at radius 2 is 1.81 bits per heavy atom. The molecule has 0 aliphatic rings. The molecule has 5 rings (SSSR count). The van der Waals surface area contributed by atoms with Gasteiger partial charge in [-0.3, -0.25) is 9.48 Å². The predicted molar refractivity (Wildman–Crippen MR) is 101 cm³/mol. The summed E-state index contributed by atoms with van der Waals surface area (Å²) >= 11 is 0. The summed E-state index contributed by atoms with van der Waals surface area (Å²) < 4.78 is 3.55. The number of aromatic amines is 1. The van der Waals surface area contributed by atoms with Gasteiger partial charge in [-0.15, -0.1) is 0 Å². The molecule has 6 heteroatoms. The predicted octanol–water partition coefficient (Wildman–Crippen LogP) is 3.24. The third kappa shape index (κ3) is 2.23. The second-order valence-electron chi connectivity index (χ2n) is 6.28. The van der Waals surface area contributed by atoms with E-state index in [1.807, 2.05) is 74.0 Å². The molecule has 0 radical (unpaired) electrons. The number of nitrogens with zero attached hydrogens (tertiary/aromatic N) is 4. The zero-order valence-electron chi connectivity index (χ0n) is 14.0. The van der Waals surface area contributed by atoms with Crippen LogP contribution in [0.1, 0.15) is 0 Å². The number of H-pyrrole nitrogens is 1. The van der Waals surface area contributed by atoms with Gasteiger partial charge < -0.3 is 4.98 Å². The number of hydrogen-bond acceptors (Lipinski definition) is 3. The van der Waals surface area contributed by atoms with Crippen LogP contribution in [0.5, 0.6) is 0 Å². The van der Waals surface area contributed by atoms with Crippen molar-refractivity contribution < 1.29 is 0 Å². The number of rotatable bonds is 2. The van der Waals surface area contributed by atoms with Gasteiger partial charge in [0.25, 0.3) is 5.56 Å². The van der Waals surface area contributed by atoms with E-state index in [0.717, 1.165) is 27.9 Å². The van der Waals surface area contributed by atoms with Crippen molar-refractivity contribution in [2.75, 3.05) is 0 Å². The van der Waals surface area contributed by atoms with Crippen LogP contribution in [0, 0.1) is 0 Å². The van der Waals surface area contributed by atoms with Crippen molar-refractivity contribution in [3.05, 3.63) is 77.3 Å². The summed E-state index contributed by atoms with van der Waals surface area (Å²) in [6, 6.07) is 17.6. The average molecular weight is 341 g/mol. The van der Waals surface area contributed by atoms with Crippen LogP contribution in [0.4, 0.5) is 0 Å². The second-order valence-corrected chi connectivity index (χ2v) is 6.28. The molecular weight excluding hydrogens is 326 g/mol. The molecule has 0 fully saturated rings. The fourth-order valence-electron chi connectivity index (χ4n) is 3.24. The van der Waals surface area contributed by atoms with E-state index in [1.165, 1.54) is 0 Å². The minimum absolute atomic E-state index is 0.121. The zero-order chi connectivity index (χ0) is 17.7. The smallest absolute Gasteiger partial charge is 0.259 e. The van der Waals surface area contributed by atoms with Gasteiger partial charge in [-0.2, -0.15) is 10.2 Å². The van der Waals surface area contributed by atoms with Gasteiger partial charge >= 0.3 is 0 Å². The van der Waals surface area contributed by atoms with E-state index in [0.29, 0.717) is 11.0 Å². The Kier molecular flexibility index (Phi) is 3.05. The minimum Gasteiger partial charge on any atom is -0.306 e. The molecule has 0 unspecified atom stereocenters. The zero-order valence-corrected chi connectivity index (χ0v) is 14.0. The van der Waals surface area contributed by atoms with Crippen LogP contribution in [0.15, 0.2) is 71.8 Å². The highest BCUT2D eigenvalue weighted by molar-refractivity contribution is 5.85. The third-order valence-corrected chi connectivity index (χ3v) is 4.53. The molecule has 0 bridgehead atoms. The van der Waals surface area contributed by atoms with E-state index in [9.17, 15) is 4.79 Å². The highest BCUT2D eigenvalue weighted by Gasteiger charge is 2.11. The minimum atomic E-state index is -0.121. The molecule has 26 heavy (non-hydrogen) atoms. The van der Waals surface area contributed by atoms with Crippen LogP contribution in [-0.4, -0.2) is 24.4 Å². The van der Waals surface area contributed by atoms with Gasteiger partial charge in [0.15, 0.2) is 0 Å². The summed E-state index contributed by atoms with van der Waals surface area (Å²) in [6.07, 6.45) is 3.76. The van der Waals surface area contributed by atoms with Crippen molar-refractivity contribution in [2.45, 2.75) is 0 Å². The fourth-order valence-corrected chi connectivity index (χ4v) is 3.24. The van der Waals surface area contributed by atoms with Gasteiger partial charge in [-0.1, -0.05) is 36.4 Å². The molecule has 0 aliphatic carbocycles. The second kappa shape index (κ2) is 5.42. The molecule has 1 N–H and O–H groups in total. The Hall–Kier alpha value is -3.67. The summed E-state index contributed by atoms with van der Waals surface area (Å²) in [5.74, 6) is 0. The molecule has 2 aromatic carbocycles. The average Bonchev–Trinajstić information content (AvgIpc) is 3.29. The van der Waals surface area contributed by atoms with Crippen molar-refractivity contribution in [2.24, 2.45) is 7.05 Å². The summed E-state index contributed by atoms with van der Waals surface area (Å²) in [5.41, 5.74) is 5.14. The number of hydrogen-bond donors (Lipinski definition) is 1. The molecule has 0 aliphatic heterocycles. The Balaban J connectivity index is 1.79. The molecule has 0 spiro atoms. The lowest BCUT2D eigenvalue weighted by atomic mass is 10.1. The van der Waals surface area contributed by atoms with E-state index in [4.69, 9.17) is 5.10 Å². The highest BCUT2D eigenvalue weighted by Crippen LogP contribution is 2.25. The summed E-state index contributed by atoms with van der Waals surface area (Å²) in [5, 5.41) is 9.55. The maximum atomic E-state index is 12.5. The van der Waals surface area contributed by atoms with Gasteiger partial charge in [-0.25, -0.2) is 4.52 Å². The number of benzene rings is 2. The van der Waals surface area contributed by atoms with Crippen LogP contribution in [0.2, 0.25) is 0 Å². The van der Waals surface area contributed by atoms with E-state index in [2.05, 4.69) is 10.1 Å². The topological polar surface area (TPSA) is 68.0 Å². The first-order valence-electron chi connectivity index (χ1n) is 8.29. The van der Waals surface area contributed by atoms with Gasteiger partial charge in [0.2, 0.25) is 0 Å². The van der Waals surface area contributed by atoms with Crippen LogP contribution in [0.3, 0.4) is 0 Å². The molecule has 126 valence electrons. The SMILES string of the molecule is Cn1cc(-c2ccc3c(=O)[nH]c4cc(-c5ccccc5)nn4c3c2)cn1. The molecule has 5 aromatic rings. The Bertz CT molecular complexity index is 1310. The Morgan fingerprint density at radius 3 is 2.58 bits per heavy atom. The number of fused-ring (bicyclic) bond motifs is 3. The Labute approximate surface area is 148 Å². The standard InChI is InChI=1S/C20H15N5O/c1-24-12-15(11-21-24)14-7-8-16-18(9-14)25-19(22-20(16)26)10-17(23-25)13-5-3-2-4-6-13/h2-12H,1H3,(H,22,26). The van der Waals surface area contributed by atoms with E-state index >= 15 is 0 Å². The highest BCUT2D eigenvalue weighted by atomic mass is 16.1. The van der Waals surface area contributed by atoms with Crippen molar-refractivity contribution in [1.82, 2.24) is 24.4 Å². The van der Waals surface area contributed by atoms with E-state index in [1.54, 1.807) is 9.20 Å². The summed E-state index contributed by atoms with van der Waals surface area (Å²) in [7, 11) is 1.88. The lowest BCUT2D eigenvalue weighted by Gasteiger charge is -2.04. The third-order valence-electron chi connectivity index (χ3n) is 4.53. The maximum Gasteiger partial charge on any atom is 0.259 e. The van der Waals surface area contributed by atoms with E-state index in [-0.39, 0.29) is 5.56 Å². The molecule has 3 heterocycles. The van der Waals surface area contributed by atoms with Gasteiger partial charge in [0, 0.05) is 30.4 Å². The van der Waals surface area contributed by atoms with Crippen LogP contribution in [0.25, 0.3) is 38.9 Å². The van der Waals surface area contributed by atoms with Gasteiger partial charge in [0.1, 0.15) is 5.65 Å². The number of nitrogens with one attached hydrogen (secondary N) is 1. The lowest BCUT2D eigenvalue weighted by molar-refractivity contribution is 0.768. The van der Waals surface area contributed by atoms with E-state index < -0.39 is 0 Å². The summed E-state index contributed by atoms with van der Waals surface area (Å²) in [6.45, 7) is 0. The first-order chi connectivity index (χ1) is 12.7. The van der Waals surface area contributed by atoms with Crippen molar-refractivity contribution >= 4 is 16.6 Å². The van der Waals surface area contributed by atoms with Crippen LogP contribution < -0.4 is 5.56 Å². The monoisotopic (exact) mass is 341 g/mol. The van der Waals surface area contributed by atoms with Crippen molar-refractivity contribution in [3.63, 3.8) is 0 Å². The first-order valence-corrected chi connectivity index (χ1v) is 8.29. The molecule has 6 nitrogen and oxygen atoms in total. The molecule has 0 atom stereocenters. The summed E-state index contributed by atoms with van der Waals surface area (Å²) in [4.78, 5) is 15.4. The molecule has 0 saturated carbocycles. The lowest BCUT2D eigenvalue weighted by Crippen LogP contribution is -2.09. The van der Waals surface area contributed by atoms with Crippen LogP contribution >= 0.6 is 0 Å².